The van der Waals surface area contributed by atoms with Crippen LogP contribution >= 0.6 is 0 Å². The third-order valence-corrected chi connectivity index (χ3v) is 7.00. The highest BCUT2D eigenvalue weighted by Crippen LogP contribution is 2.47. The van der Waals surface area contributed by atoms with E-state index >= 15 is 0 Å². The van der Waals surface area contributed by atoms with Crippen LogP contribution in [0.5, 0.6) is 0 Å². The molecule has 6 nitrogen and oxygen atoms in total. The van der Waals surface area contributed by atoms with E-state index in [2.05, 4.69) is 0 Å². The van der Waals surface area contributed by atoms with E-state index in [-0.39, 0.29) is 30.4 Å². The smallest absolute Gasteiger partial charge is 0.337 e. The molecule has 4 unspecified atom stereocenters. The normalized spacial score (nSPS) is 26.1. The van der Waals surface area contributed by atoms with Crippen LogP contribution < -0.4 is 0 Å². The van der Waals surface area contributed by atoms with Gasteiger partial charge in [0.2, 0.25) is 0 Å². The molecule has 0 bridgehead atoms. The van der Waals surface area contributed by atoms with Gasteiger partial charge in [-0.15, -0.1) is 0 Å². The summed E-state index contributed by atoms with van der Waals surface area (Å²) >= 11 is 0. The number of hydrogen-bond donors (Lipinski definition) is 0. The number of rotatable bonds is 4. The molecular formula is C27H26FNO5. The predicted octanol–water partition coefficient (Wildman–Crippen LogP) is 4.23. The summed E-state index contributed by atoms with van der Waals surface area (Å²) < 4.78 is 25.0. The maximum atomic E-state index is 14.2. The third kappa shape index (κ3) is 3.79. The van der Waals surface area contributed by atoms with Crippen molar-refractivity contribution < 1.29 is 28.2 Å². The highest BCUT2D eigenvalue weighted by molar-refractivity contribution is 6.11. The second-order valence-electron chi connectivity index (χ2n) is 9.21. The van der Waals surface area contributed by atoms with E-state index in [4.69, 9.17) is 9.47 Å². The number of esters is 1. The molecule has 1 aliphatic carbocycles. The lowest BCUT2D eigenvalue weighted by Gasteiger charge is -2.36. The van der Waals surface area contributed by atoms with Gasteiger partial charge in [0.15, 0.2) is 11.5 Å². The summed E-state index contributed by atoms with van der Waals surface area (Å²) in [5.74, 6) is -1.53. The van der Waals surface area contributed by atoms with Crippen LogP contribution in [0.2, 0.25) is 0 Å². The lowest BCUT2D eigenvalue weighted by Crippen LogP contribution is -2.42. The van der Waals surface area contributed by atoms with E-state index < -0.39 is 30.2 Å². The number of carbonyl (C=O) groups is 3. The summed E-state index contributed by atoms with van der Waals surface area (Å²) in [5.41, 5.74) is 3.36. The Labute approximate surface area is 197 Å². The van der Waals surface area contributed by atoms with Gasteiger partial charge < -0.3 is 14.4 Å². The molecule has 0 N–H and O–H groups in total. The van der Waals surface area contributed by atoms with Crippen LogP contribution in [-0.2, 0) is 25.6 Å². The maximum Gasteiger partial charge on any atom is 0.337 e. The first-order chi connectivity index (χ1) is 16.4. The fourth-order valence-electron chi connectivity index (χ4n) is 5.18. The van der Waals surface area contributed by atoms with Crippen molar-refractivity contribution in [2.24, 2.45) is 5.92 Å². The van der Waals surface area contributed by atoms with Gasteiger partial charge in [-0.1, -0.05) is 42.0 Å². The summed E-state index contributed by atoms with van der Waals surface area (Å²) in [6.45, 7) is 2.27. The van der Waals surface area contributed by atoms with E-state index in [0.29, 0.717) is 29.5 Å². The third-order valence-electron chi connectivity index (χ3n) is 7.00. The van der Waals surface area contributed by atoms with Gasteiger partial charge in [-0.2, -0.15) is 0 Å². The largest absolute Gasteiger partial charge is 0.483 e. The Bertz CT molecular complexity index is 1170. The first kappa shape index (κ1) is 22.3. The highest BCUT2D eigenvalue weighted by Gasteiger charge is 2.52. The molecule has 7 heteroatoms. The van der Waals surface area contributed by atoms with E-state index in [9.17, 15) is 18.8 Å². The van der Waals surface area contributed by atoms with Crippen molar-refractivity contribution >= 4 is 17.7 Å². The minimum atomic E-state index is -1.05. The number of ether oxygens (including phenoxy) is 2. The Hall–Kier alpha value is -3.48. The molecule has 2 heterocycles. The number of carbonyl (C=O) groups excluding carboxylic acids is 3. The number of amides is 1. The number of benzene rings is 2. The monoisotopic (exact) mass is 463 g/mol. The fourth-order valence-corrected chi connectivity index (χ4v) is 5.18. The van der Waals surface area contributed by atoms with Crippen LogP contribution in [0.15, 0.2) is 59.9 Å². The SMILES string of the molecule is COC(=O)c1ccc(C2C3=C(OC4CCC(F)CC4C3=O)C(=O)N2Cc2ccc(C)cc2)cc1. The fraction of sp³-hybridized carbons (Fsp3) is 0.370. The molecule has 0 saturated heterocycles. The molecule has 0 radical (unpaired) electrons. The standard InChI is InChI=1S/C27H26FNO5/c1-15-3-5-16(6-4-15)14-29-23(17-7-9-18(10-8-17)27(32)33-2)22-24(30)20-13-19(28)11-12-21(20)34-25(22)26(29)31/h3-10,19-21,23H,11-14H2,1-2H3. The number of aryl methyl sites for hydroxylation is 1. The molecule has 5 rings (SSSR count). The lowest BCUT2D eigenvalue weighted by atomic mass is 9.77. The van der Waals surface area contributed by atoms with Crippen molar-refractivity contribution in [3.63, 3.8) is 0 Å². The van der Waals surface area contributed by atoms with Gasteiger partial charge >= 0.3 is 5.97 Å². The molecule has 2 aromatic rings. The minimum Gasteiger partial charge on any atom is -0.483 e. The second kappa shape index (κ2) is 8.70. The number of halogens is 1. The van der Waals surface area contributed by atoms with Gasteiger partial charge in [0.25, 0.3) is 5.91 Å². The zero-order chi connectivity index (χ0) is 24.0. The summed E-state index contributed by atoms with van der Waals surface area (Å²) in [4.78, 5) is 40.7. The maximum absolute atomic E-state index is 14.2. The molecule has 2 aliphatic heterocycles. The first-order valence-electron chi connectivity index (χ1n) is 11.5. The van der Waals surface area contributed by atoms with Crippen molar-refractivity contribution in [2.75, 3.05) is 7.11 Å². The number of nitrogens with zero attached hydrogens (tertiary/aromatic N) is 1. The Kier molecular flexibility index (Phi) is 5.71. The van der Waals surface area contributed by atoms with Gasteiger partial charge in [0.05, 0.1) is 30.2 Å². The average Bonchev–Trinajstić information content (AvgIpc) is 3.12. The van der Waals surface area contributed by atoms with Crippen molar-refractivity contribution in [3.05, 3.63) is 82.1 Å². The second-order valence-corrected chi connectivity index (χ2v) is 9.21. The minimum absolute atomic E-state index is 0.0812. The van der Waals surface area contributed by atoms with Gasteiger partial charge in [-0.05, 0) is 49.4 Å². The summed E-state index contributed by atoms with van der Waals surface area (Å²) in [6.07, 6.45) is -0.659. The zero-order valence-corrected chi connectivity index (χ0v) is 19.1. The van der Waals surface area contributed by atoms with E-state index in [1.807, 2.05) is 31.2 Å². The number of methoxy groups -OCH3 is 1. The topological polar surface area (TPSA) is 72.9 Å². The van der Waals surface area contributed by atoms with E-state index in [1.54, 1.807) is 29.2 Å². The molecule has 1 saturated carbocycles. The van der Waals surface area contributed by atoms with Crippen LogP contribution in [0, 0.1) is 12.8 Å². The Morgan fingerprint density at radius 1 is 1.09 bits per heavy atom. The van der Waals surface area contributed by atoms with Gasteiger partial charge in [0.1, 0.15) is 12.3 Å². The number of hydrogen-bond acceptors (Lipinski definition) is 5. The summed E-state index contributed by atoms with van der Waals surface area (Å²) in [7, 11) is 1.31. The van der Waals surface area contributed by atoms with Gasteiger partial charge in [-0.25, -0.2) is 9.18 Å². The molecule has 34 heavy (non-hydrogen) atoms. The van der Waals surface area contributed by atoms with Crippen LogP contribution in [0.1, 0.15) is 52.4 Å². The number of Topliss-reactive ketones (excluding diaryl/α,β-unsaturated/α-hetero) is 1. The summed E-state index contributed by atoms with van der Waals surface area (Å²) in [6, 6.07) is 13.8. The van der Waals surface area contributed by atoms with Crippen molar-refractivity contribution in [1.82, 2.24) is 4.90 Å². The van der Waals surface area contributed by atoms with E-state index in [1.165, 1.54) is 7.11 Å². The number of ketones is 1. The number of alkyl halides is 1. The van der Waals surface area contributed by atoms with E-state index in [0.717, 1.165) is 11.1 Å². The Balaban J connectivity index is 1.56. The van der Waals surface area contributed by atoms with Crippen LogP contribution in [-0.4, -0.2) is 41.9 Å². The molecule has 3 aliphatic rings. The molecule has 2 aromatic carbocycles. The van der Waals surface area contributed by atoms with Crippen molar-refractivity contribution in [1.29, 1.82) is 0 Å². The highest BCUT2D eigenvalue weighted by atomic mass is 19.1. The molecule has 176 valence electrons. The average molecular weight is 464 g/mol. The van der Waals surface area contributed by atoms with Crippen LogP contribution in [0.25, 0.3) is 0 Å². The van der Waals surface area contributed by atoms with Crippen molar-refractivity contribution in [3.8, 4) is 0 Å². The quantitative estimate of drug-likeness (QED) is 0.635. The lowest BCUT2D eigenvalue weighted by molar-refractivity contribution is -0.136. The summed E-state index contributed by atoms with van der Waals surface area (Å²) in [5, 5.41) is 0. The molecule has 4 atom stereocenters. The van der Waals surface area contributed by atoms with Gasteiger partial charge in [-0.3, -0.25) is 9.59 Å². The molecule has 1 amide bonds. The molecular weight excluding hydrogens is 437 g/mol. The van der Waals surface area contributed by atoms with Crippen LogP contribution in [0.4, 0.5) is 4.39 Å². The van der Waals surface area contributed by atoms with Crippen molar-refractivity contribution in [2.45, 2.75) is 51.0 Å². The predicted molar refractivity (Wildman–Crippen MR) is 121 cm³/mol. The zero-order valence-electron chi connectivity index (χ0n) is 19.1. The Morgan fingerprint density at radius 2 is 1.79 bits per heavy atom. The Morgan fingerprint density at radius 3 is 2.47 bits per heavy atom. The molecule has 0 spiro atoms. The molecule has 1 fully saturated rings. The van der Waals surface area contributed by atoms with Crippen LogP contribution in [0.3, 0.4) is 0 Å². The first-order valence-corrected chi connectivity index (χ1v) is 11.5. The molecule has 0 aromatic heterocycles. The number of fused-ring (bicyclic) bond motifs is 1. The van der Waals surface area contributed by atoms with Gasteiger partial charge in [0, 0.05) is 6.54 Å².